The van der Waals surface area contributed by atoms with Gasteiger partial charge in [-0.15, -0.1) is 0 Å². The second kappa shape index (κ2) is 18.9. The molecule has 258 valence electrons. The van der Waals surface area contributed by atoms with Crippen LogP contribution >= 0.6 is 0 Å². The smallest absolute Gasteiger partial charge is 0.265 e. The summed E-state index contributed by atoms with van der Waals surface area (Å²) >= 11 is 0. The van der Waals surface area contributed by atoms with E-state index in [0.29, 0.717) is 22.2 Å². The van der Waals surface area contributed by atoms with Crippen LogP contribution in [0.5, 0.6) is 5.75 Å². The Bertz CT molecular complexity index is 1460. The number of amides is 7. The molecule has 0 heterocycles. The number of ether oxygens (including phenoxy) is 1. The molecule has 0 atom stereocenters. The first kappa shape index (κ1) is 38.2. The summed E-state index contributed by atoms with van der Waals surface area (Å²) in [5, 5.41) is 43.1. The van der Waals surface area contributed by atoms with Crippen LogP contribution in [0.4, 0.5) is 11.4 Å². The van der Waals surface area contributed by atoms with Crippen molar-refractivity contribution >= 4 is 52.7 Å². The SMILES string of the molecule is CN(O)C(=O)CNC(=O)COc1ccc(N=Nc2ccc(C(=O)N(CC(=O)NCC(=O)N(C)O)CC(=O)NCC(=O)N(C)O)cc2)cc1. The van der Waals surface area contributed by atoms with E-state index in [9.17, 15) is 33.6 Å². The summed E-state index contributed by atoms with van der Waals surface area (Å²) in [6, 6.07) is 11.9. The Hall–Kier alpha value is -5.99. The third kappa shape index (κ3) is 13.6. The molecule has 0 fully saturated rings. The summed E-state index contributed by atoms with van der Waals surface area (Å²) in [7, 11) is 3.26. The first-order valence-electron chi connectivity index (χ1n) is 13.9. The average molecular weight is 674 g/mol. The van der Waals surface area contributed by atoms with Crippen LogP contribution in [0.3, 0.4) is 0 Å². The van der Waals surface area contributed by atoms with Gasteiger partial charge in [-0.3, -0.25) is 49.2 Å². The van der Waals surface area contributed by atoms with E-state index in [2.05, 4.69) is 26.2 Å². The molecule has 0 saturated heterocycles. The highest BCUT2D eigenvalue weighted by Gasteiger charge is 2.23. The predicted molar refractivity (Wildman–Crippen MR) is 161 cm³/mol. The first-order chi connectivity index (χ1) is 22.7. The van der Waals surface area contributed by atoms with Crippen LogP contribution in [-0.2, 0) is 28.8 Å². The largest absolute Gasteiger partial charge is 0.484 e. The Morgan fingerprint density at radius 2 is 0.979 bits per heavy atom. The van der Waals surface area contributed by atoms with Crippen molar-refractivity contribution in [1.29, 1.82) is 0 Å². The molecule has 0 bridgehead atoms. The minimum atomic E-state index is -0.830. The zero-order chi connectivity index (χ0) is 35.8. The Kier molecular flexibility index (Phi) is 15.0. The van der Waals surface area contributed by atoms with Gasteiger partial charge < -0.3 is 25.6 Å². The van der Waals surface area contributed by atoms with E-state index in [1.54, 1.807) is 12.1 Å². The van der Waals surface area contributed by atoms with E-state index < -0.39 is 74.1 Å². The van der Waals surface area contributed by atoms with Crippen LogP contribution in [0.25, 0.3) is 0 Å². The van der Waals surface area contributed by atoms with Crippen molar-refractivity contribution in [2.75, 3.05) is 60.5 Å². The van der Waals surface area contributed by atoms with E-state index in [1.165, 1.54) is 36.4 Å². The Morgan fingerprint density at radius 1 is 0.604 bits per heavy atom. The Labute approximate surface area is 273 Å². The van der Waals surface area contributed by atoms with Crippen LogP contribution < -0.4 is 20.7 Å². The fourth-order valence-electron chi connectivity index (χ4n) is 3.30. The number of azo groups is 1. The fourth-order valence-corrected chi connectivity index (χ4v) is 3.30. The van der Waals surface area contributed by atoms with Crippen molar-refractivity contribution in [1.82, 2.24) is 36.0 Å². The molecule has 20 heteroatoms. The predicted octanol–water partition coefficient (Wildman–Crippen LogP) is -1.19. The molecule has 6 N–H and O–H groups in total. The number of carbonyl (C=O) groups excluding carboxylic acids is 7. The maximum absolute atomic E-state index is 13.2. The highest BCUT2D eigenvalue weighted by Crippen LogP contribution is 2.22. The zero-order valence-corrected chi connectivity index (χ0v) is 26.2. The Balaban J connectivity index is 2.03. The van der Waals surface area contributed by atoms with E-state index >= 15 is 0 Å². The van der Waals surface area contributed by atoms with Gasteiger partial charge in [0.2, 0.25) is 11.8 Å². The third-order valence-electron chi connectivity index (χ3n) is 5.95. The molecule has 0 aliphatic heterocycles. The van der Waals surface area contributed by atoms with Gasteiger partial charge in [-0.1, -0.05) is 0 Å². The summed E-state index contributed by atoms with van der Waals surface area (Å²) in [6.45, 7) is -3.22. The molecular formula is C28H35N9O11. The van der Waals surface area contributed by atoms with Gasteiger partial charge in [0.1, 0.15) is 18.8 Å². The van der Waals surface area contributed by atoms with Crippen molar-refractivity contribution in [3.63, 3.8) is 0 Å². The van der Waals surface area contributed by atoms with Gasteiger partial charge >= 0.3 is 0 Å². The highest BCUT2D eigenvalue weighted by molar-refractivity contribution is 5.99. The molecule has 7 amide bonds. The van der Waals surface area contributed by atoms with E-state index in [4.69, 9.17) is 20.4 Å². The van der Waals surface area contributed by atoms with Gasteiger partial charge in [0.25, 0.3) is 29.5 Å². The number of hydroxylamine groups is 6. The highest BCUT2D eigenvalue weighted by atomic mass is 16.5. The van der Waals surface area contributed by atoms with Crippen molar-refractivity contribution in [3.8, 4) is 5.75 Å². The molecule has 0 aliphatic carbocycles. The molecule has 0 radical (unpaired) electrons. The lowest BCUT2D eigenvalue weighted by molar-refractivity contribution is -0.159. The van der Waals surface area contributed by atoms with Gasteiger partial charge in [-0.25, -0.2) is 15.2 Å². The number of nitrogens with zero attached hydrogens (tertiary/aromatic N) is 6. The summed E-state index contributed by atoms with van der Waals surface area (Å²) in [5.41, 5.74) is 0.820. The summed E-state index contributed by atoms with van der Waals surface area (Å²) in [6.07, 6.45) is 0. The van der Waals surface area contributed by atoms with Crippen molar-refractivity contribution in [2.24, 2.45) is 10.2 Å². The number of nitrogens with one attached hydrogen (secondary N) is 3. The monoisotopic (exact) mass is 673 g/mol. The van der Waals surface area contributed by atoms with Crippen LogP contribution in [-0.4, -0.2) is 138 Å². The molecule has 0 spiro atoms. The fraction of sp³-hybridized carbons (Fsp3) is 0.321. The quantitative estimate of drug-likeness (QED) is 0.0701. The lowest BCUT2D eigenvalue weighted by atomic mass is 10.1. The molecule has 48 heavy (non-hydrogen) atoms. The van der Waals surface area contributed by atoms with Crippen LogP contribution in [0.1, 0.15) is 10.4 Å². The molecule has 0 unspecified atom stereocenters. The van der Waals surface area contributed by atoms with E-state index in [-0.39, 0.29) is 22.3 Å². The lowest BCUT2D eigenvalue weighted by Crippen LogP contribution is -2.48. The van der Waals surface area contributed by atoms with Gasteiger partial charge in [0.15, 0.2) is 6.61 Å². The molecule has 2 aromatic rings. The van der Waals surface area contributed by atoms with Gasteiger partial charge in [-0.05, 0) is 48.5 Å². The van der Waals surface area contributed by atoms with E-state index in [1.807, 2.05) is 0 Å². The summed E-state index contributed by atoms with van der Waals surface area (Å²) in [5.74, 6) is -4.98. The summed E-state index contributed by atoms with van der Waals surface area (Å²) in [4.78, 5) is 85.2. The van der Waals surface area contributed by atoms with Crippen molar-refractivity contribution < 1.29 is 53.9 Å². The van der Waals surface area contributed by atoms with Crippen LogP contribution in [0, 0.1) is 0 Å². The maximum atomic E-state index is 13.2. The number of carbonyl (C=O) groups is 7. The second-order valence-electron chi connectivity index (χ2n) is 9.77. The first-order valence-corrected chi connectivity index (χ1v) is 13.9. The molecule has 0 saturated carbocycles. The lowest BCUT2D eigenvalue weighted by Gasteiger charge is -2.22. The van der Waals surface area contributed by atoms with Crippen molar-refractivity contribution in [3.05, 3.63) is 54.1 Å². The van der Waals surface area contributed by atoms with Gasteiger partial charge in [-0.2, -0.15) is 10.2 Å². The standard InChI is InChI=1S/C28H35N9O11/c1-34(45)25(41)12-29-22(38)15-37(16-23(39)30-13-26(42)35(2)46)28(44)18-4-6-19(7-5-18)32-33-20-8-10-21(11-9-20)48-17-24(40)31-14-27(43)36(3)47/h4-11,45-47H,12-17H2,1-3H3,(H,29,38)(H,30,39)(H,31,40). The average Bonchev–Trinajstić information content (AvgIpc) is 3.06. The maximum Gasteiger partial charge on any atom is 0.265 e. The number of rotatable bonds is 16. The van der Waals surface area contributed by atoms with Crippen molar-refractivity contribution in [2.45, 2.75) is 0 Å². The molecule has 0 aliphatic rings. The molecule has 2 rings (SSSR count). The minimum absolute atomic E-state index is 0.0603. The third-order valence-corrected chi connectivity index (χ3v) is 5.95. The normalized spacial score (nSPS) is 10.5. The minimum Gasteiger partial charge on any atom is -0.484 e. The number of benzene rings is 2. The van der Waals surface area contributed by atoms with E-state index in [0.717, 1.165) is 26.0 Å². The molecular weight excluding hydrogens is 638 g/mol. The summed E-state index contributed by atoms with van der Waals surface area (Å²) < 4.78 is 5.34. The van der Waals surface area contributed by atoms with Crippen LogP contribution in [0.15, 0.2) is 58.8 Å². The topological polar surface area (TPSA) is 263 Å². The van der Waals surface area contributed by atoms with Gasteiger partial charge in [0.05, 0.1) is 31.0 Å². The number of hydrogen-bond donors (Lipinski definition) is 6. The molecule has 20 nitrogen and oxygen atoms in total. The zero-order valence-electron chi connectivity index (χ0n) is 26.2. The Morgan fingerprint density at radius 3 is 1.38 bits per heavy atom. The number of likely N-dealkylation sites (N-methyl/N-ethyl adjacent to an activating group) is 3. The second-order valence-corrected chi connectivity index (χ2v) is 9.77. The number of hydrogen-bond acceptors (Lipinski definition) is 13. The van der Waals surface area contributed by atoms with Gasteiger partial charge in [0, 0.05) is 26.7 Å². The van der Waals surface area contributed by atoms with Crippen LogP contribution in [0.2, 0.25) is 0 Å². The molecule has 0 aromatic heterocycles. The molecule has 2 aromatic carbocycles.